The summed E-state index contributed by atoms with van der Waals surface area (Å²) >= 11 is 0. The molecule has 0 aromatic heterocycles. The molecule has 0 spiro atoms. The number of carbonyl (C=O) groups is 1. The van der Waals surface area contributed by atoms with Crippen molar-refractivity contribution in [3.63, 3.8) is 0 Å². The number of nitrogens with one attached hydrogen (secondary N) is 1. The molecule has 0 bridgehead atoms. The predicted molar refractivity (Wildman–Crippen MR) is 89.6 cm³/mol. The highest BCUT2D eigenvalue weighted by Gasteiger charge is 2.33. The number of piperidine rings is 1. The first-order chi connectivity index (χ1) is 10.7. The van der Waals surface area contributed by atoms with Crippen LogP contribution >= 0.6 is 0 Å². The van der Waals surface area contributed by atoms with E-state index < -0.39 is 0 Å². The number of hydrogen-bond acceptors (Lipinski definition) is 2. The molecule has 1 aromatic rings. The number of nitrogens with zero attached hydrogens (tertiary/aromatic N) is 1. The van der Waals surface area contributed by atoms with Gasteiger partial charge in [-0.25, -0.2) is 0 Å². The summed E-state index contributed by atoms with van der Waals surface area (Å²) in [5.41, 5.74) is 1.26. The Morgan fingerprint density at radius 1 is 1.23 bits per heavy atom. The van der Waals surface area contributed by atoms with Crippen molar-refractivity contribution >= 4 is 5.91 Å². The van der Waals surface area contributed by atoms with Crippen molar-refractivity contribution in [3.05, 3.63) is 35.9 Å². The minimum atomic E-state index is 0.220. The summed E-state index contributed by atoms with van der Waals surface area (Å²) in [7, 11) is 2.19. The van der Waals surface area contributed by atoms with E-state index >= 15 is 0 Å². The molecular weight excluding hydrogens is 272 g/mol. The predicted octanol–water partition coefficient (Wildman–Crippen LogP) is 3.52. The van der Waals surface area contributed by atoms with Gasteiger partial charge in [-0.3, -0.25) is 4.79 Å². The molecule has 1 aliphatic carbocycles. The summed E-state index contributed by atoms with van der Waals surface area (Å²) in [5.74, 6) is 0.864. The minimum Gasteiger partial charge on any atom is -0.349 e. The van der Waals surface area contributed by atoms with Crippen LogP contribution in [0.25, 0.3) is 0 Å². The van der Waals surface area contributed by atoms with Crippen molar-refractivity contribution < 1.29 is 4.79 Å². The first-order valence-corrected chi connectivity index (χ1v) is 8.78. The second-order valence-electron chi connectivity index (χ2n) is 6.96. The van der Waals surface area contributed by atoms with Crippen molar-refractivity contribution in [1.82, 2.24) is 10.2 Å². The molecule has 3 rings (SSSR count). The van der Waals surface area contributed by atoms with Crippen LogP contribution in [0.1, 0.15) is 56.6 Å². The molecule has 1 amide bonds. The maximum absolute atomic E-state index is 12.4. The first kappa shape index (κ1) is 15.5. The van der Waals surface area contributed by atoms with Gasteiger partial charge in [-0.15, -0.1) is 0 Å². The lowest BCUT2D eigenvalue weighted by Crippen LogP contribution is -2.37. The van der Waals surface area contributed by atoms with E-state index in [9.17, 15) is 4.79 Å². The summed E-state index contributed by atoms with van der Waals surface area (Å²) in [4.78, 5) is 14.8. The van der Waals surface area contributed by atoms with Crippen LogP contribution in [0.4, 0.5) is 0 Å². The van der Waals surface area contributed by atoms with Crippen LogP contribution < -0.4 is 5.32 Å². The summed E-state index contributed by atoms with van der Waals surface area (Å²) in [6.07, 6.45) is 7.99. The number of hydrogen-bond donors (Lipinski definition) is 1. The molecule has 2 atom stereocenters. The van der Waals surface area contributed by atoms with E-state index in [-0.39, 0.29) is 11.9 Å². The Hall–Kier alpha value is -1.35. The number of amides is 1. The Bertz CT molecular complexity index is 483. The van der Waals surface area contributed by atoms with Crippen LogP contribution in [0, 0.1) is 5.92 Å². The van der Waals surface area contributed by atoms with Gasteiger partial charge in [0.1, 0.15) is 0 Å². The summed E-state index contributed by atoms with van der Waals surface area (Å²) in [5, 5.41) is 3.29. The van der Waals surface area contributed by atoms with Gasteiger partial charge in [0.15, 0.2) is 0 Å². The second-order valence-corrected chi connectivity index (χ2v) is 6.96. The highest BCUT2D eigenvalue weighted by atomic mass is 16.1. The monoisotopic (exact) mass is 300 g/mol. The molecule has 1 N–H and O–H groups in total. The fourth-order valence-electron chi connectivity index (χ4n) is 3.62. The fraction of sp³-hybridized carbons (Fsp3) is 0.632. The van der Waals surface area contributed by atoms with Gasteiger partial charge in [0.05, 0.1) is 6.04 Å². The van der Waals surface area contributed by atoms with Crippen LogP contribution in [-0.4, -0.2) is 30.4 Å². The zero-order valence-electron chi connectivity index (χ0n) is 13.6. The lowest BCUT2D eigenvalue weighted by atomic mass is 9.98. The zero-order valence-corrected chi connectivity index (χ0v) is 13.6. The lowest BCUT2D eigenvalue weighted by Gasteiger charge is -2.32. The smallest absolute Gasteiger partial charge is 0.220 e. The van der Waals surface area contributed by atoms with Gasteiger partial charge >= 0.3 is 0 Å². The Balaban J connectivity index is 1.51. The minimum absolute atomic E-state index is 0.220. The van der Waals surface area contributed by atoms with E-state index in [1.807, 2.05) is 6.07 Å². The topological polar surface area (TPSA) is 32.3 Å². The van der Waals surface area contributed by atoms with E-state index in [0.717, 1.165) is 6.42 Å². The highest BCUT2D eigenvalue weighted by molar-refractivity contribution is 5.76. The summed E-state index contributed by atoms with van der Waals surface area (Å²) in [6.45, 7) is 1.18. The van der Waals surface area contributed by atoms with E-state index in [1.54, 1.807) is 0 Å². The highest BCUT2D eigenvalue weighted by Crippen LogP contribution is 2.41. The molecule has 120 valence electrons. The molecule has 1 saturated carbocycles. The Kier molecular flexibility index (Phi) is 5.14. The van der Waals surface area contributed by atoms with Gasteiger partial charge < -0.3 is 10.2 Å². The molecule has 3 nitrogen and oxygen atoms in total. The van der Waals surface area contributed by atoms with E-state index in [1.165, 1.54) is 44.2 Å². The van der Waals surface area contributed by atoms with Gasteiger partial charge in [0.2, 0.25) is 5.91 Å². The van der Waals surface area contributed by atoms with Crippen molar-refractivity contribution in [1.29, 1.82) is 0 Å². The van der Waals surface area contributed by atoms with E-state index in [4.69, 9.17) is 0 Å². The van der Waals surface area contributed by atoms with E-state index in [0.29, 0.717) is 18.4 Å². The number of likely N-dealkylation sites (tertiary alicyclic amines) is 1. The van der Waals surface area contributed by atoms with Gasteiger partial charge in [0, 0.05) is 12.5 Å². The summed E-state index contributed by atoms with van der Waals surface area (Å²) in [6, 6.07) is 11.3. The average molecular weight is 300 g/mol. The average Bonchev–Trinajstić information content (AvgIpc) is 3.37. The molecule has 0 unspecified atom stereocenters. The lowest BCUT2D eigenvalue weighted by molar-refractivity contribution is -0.122. The Labute approximate surface area is 134 Å². The van der Waals surface area contributed by atoms with Crippen LogP contribution in [0.3, 0.4) is 0 Å². The molecule has 0 radical (unpaired) electrons. The fourth-order valence-corrected chi connectivity index (χ4v) is 3.62. The Morgan fingerprint density at radius 2 is 2.00 bits per heavy atom. The normalized spacial score (nSPS) is 24.0. The quantitative estimate of drug-likeness (QED) is 0.872. The molecule has 22 heavy (non-hydrogen) atoms. The second kappa shape index (κ2) is 7.28. The maximum Gasteiger partial charge on any atom is 0.220 e. The number of carbonyl (C=O) groups excluding carboxylic acids is 1. The van der Waals surface area contributed by atoms with E-state index in [2.05, 4.69) is 41.5 Å². The molecule has 2 fully saturated rings. The number of benzene rings is 1. The van der Waals surface area contributed by atoms with Crippen molar-refractivity contribution in [3.8, 4) is 0 Å². The SMILES string of the molecule is CN1CCCC[C@@H]1CCC(=O)N[C@H](c1ccccc1)C1CC1. The standard InChI is InChI=1S/C19H28N2O/c1-21-14-6-5-9-17(21)12-13-18(22)20-19(16-10-11-16)15-7-3-2-4-8-15/h2-4,7-8,16-17,19H,5-6,9-14H2,1H3,(H,20,22)/t17-,19-/m1/s1. The third kappa shape index (κ3) is 4.10. The zero-order chi connectivity index (χ0) is 15.4. The van der Waals surface area contributed by atoms with Gasteiger partial charge in [-0.05, 0) is 57.2 Å². The Morgan fingerprint density at radius 3 is 2.68 bits per heavy atom. The van der Waals surface area contributed by atoms with Crippen LogP contribution in [0.5, 0.6) is 0 Å². The first-order valence-electron chi connectivity index (χ1n) is 8.78. The molecule has 1 aliphatic heterocycles. The van der Waals surface area contributed by atoms with Gasteiger partial charge in [-0.1, -0.05) is 36.8 Å². The largest absolute Gasteiger partial charge is 0.349 e. The third-order valence-corrected chi connectivity index (χ3v) is 5.19. The van der Waals surface area contributed by atoms with Crippen LogP contribution in [0.15, 0.2) is 30.3 Å². The molecule has 1 heterocycles. The number of rotatable bonds is 6. The summed E-state index contributed by atoms with van der Waals surface area (Å²) < 4.78 is 0. The molecule has 2 aliphatic rings. The molecule has 1 saturated heterocycles. The third-order valence-electron chi connectivity index (χ3n) is 5.19. The van der Waals surface area contributed by atoms with Gasteiger partial charge in [-0.2, -0.15) is 0 Å². The van der Waals surface area contributed by atoms with Crippen LogP contribution in [-0.2, 0) is 4.79 Å². The van der Waals surface area contributed by atoms with Crippen LogP contribution in [0.2, 0.25) is 0 Å². The van der Waals surface area contributed by atoms with Crippen molar-refractivity contribution in [2.75, 3.05) is 13.6 Å². The van der Waals surface area contributed by atoms with Crippen molar-refractivity contribution in [2.24, 2.45) is 5.92 Å². The molecular formula is C19H28N2O. The molecule has 1 aromatic carbocycles. The van der Waals surface area contributed by atoms with Crippen molar-refractivity contribution in [2.45, 2.75) is 57.0 Å². The van der Waals surface area contributed by atoms with Gasteiger partial charge in [0.25, 0.3) is 0 Å². The molecule has 3 heteroatoms. The maximum atomic E-state index is 12.4.